The second-order valence-corrected chi connectivity index (χ2v) is 4.78. The molecule has 0 radical (unpaired) electrons. The van der Waals surface area contributed by atoms with Gasteiger partial charge in [-0.25, -0.2) is 0 Å². The first-order valence-corrected chi connectivity index (χ1v) is 6.32. The number of hydrogen-bond donors (Lipinski definition) is 1. The second-order valence-electron chi connectivity index (χ2n) is 4.78. The molecule has 0 aromatic rings. The number of carboxylic acids is 1. The Morgan fingerprint density at radius 1 is 1.24 bits per heavy atom. The van der Waals surface area contributed by atoms with Crippen molar-refractivity contribution in [2.75, 3.05) is 13.2 Å². The molecule has 0 aliphatic carbocycles. The van der Waals surface area contributed by atoms with Gasteiger partial charge in [-0.1, -0.05) is 0 Å². The van der Waals surface area contributed by atoms with E-state index in [1.54, 1.807) is 4.90 Å². The fraction of sp³-hybridized carbons (Fsp3) is 0.833. The molecule has 17 heavy (non-hydrogen) atoms. The molecule has 1 unspecified atom stereocenters. The number of rotatable bonds is 3. The Balaban J connectivity index is 1.99. The lowest BCUT2D eigenvalue weighted by atomic mass is 9.98. The Hall–Kier alpha value is -1.10. The monoisotopic (exact) mass is 241 g/mol. The average molecular weight is 241 g/mol. The summed E-state index contributed by atoms with van der Waals surface area (Å²) in [7, 11) is 0. The highest BCUT2D eigenvalue weighted by atomic mass is 16.5. The summed E-state index contributed by atoms with van der Waals surface area (Å²) in [6.07, 6.45) is 4.19. The second kappa shape index (κ2) is 5.49. The van der Waals surface area contributed by atoms with Crippen molar-refractivity contribution < 1.29 is 19.4 Å². The third-order valence-electron chi connectivity index (χ3n) is 3.53. The number of aliphatic carboxylic acids is 1. The van der Waals surface area contributed by atoms with Gasteiger partial charge >= 0.3 is 5.97 Å². The van der Waals surface area contributed by atoms with Crippen LogP contribution in [0.1, 0.15) is 38.5 Å². The van der Waals surface area contributed by atoms with Crippen LogP contribution in [0, 0.1) is 0 Å². The van der Waals surface area contributed by atoms with Crippen molar-refractivity contribution in [1.29, 1.82) is 0 Å². The maximum absolute atomic E-state index is 12.2. The summed E-state index contributed by atoms with van der Waals surface area (Å²) in [6, 6.07) is -0.141. The Kier molecular flexibility index (Phi) is 3.99. The number of carboxylic acid groups (broad SMARTS) is 1. The van der Waals surface area contributed by atoms with Crippen molar-refractivity contribution in [3.63, 3.8) is 0 Å². The summed E-state index contributed by atoms with van der Waals surface area (Å²) in [4.78, 5) is 24.7. The number of ether oxygens (including phenoxy) is 1. The average Bonchev–Trinajstić information content (AvgIpc) is 2.81. The molecule has 2 atom stereocenters. The van der Waals surface area contributed by atoms with Crippen molar-refractivity contribution in [3.8, 4) is 0 Å². The van der Waals surface area contributed by atoms with Crippen LogP contribution in [0.4, 0.5) is 0 Å². The molecule has 1 amide bonds. The minimum Gasteiger partial charge on any atom is -0.481 e. The maximum Gasteiger partial charge on any atom is 0.305 e. The first kappa shape index (κ1) is 12.4. The molecule has 0 aromatic heterocycles. The summed E-state index contributed by atoms with van der Waals surface area (Å²) in [5.41, 5.74) is 0. The van der Waals surface area contributed by atoms with Crippen molar-refractivity contribution in [3.05, 3.63) is 0 Å². The Labute approximate surface area is 101 Å². The molecule has 5 heteroatoms. The Bertz CT molecular complexity index is 299. The van der Waals surface area contributed by atoms with E-state index in [9.17, 15) is 9.59 Å². The molecule has 0 saturated carbocycles. The normalized spacial score (nSPS) is 29.3. The van der Waals surface area contributed by atoms with Gasteiger partial charge in [0.2, 0.25) is 0 Å². The van der Waals surface area contributed by atoms with Crippen molar-refractivity contribution in [2.24, 2.45) is 0 Å². The van der Waals surface area contributed by atoms with Crippen LogP contribution in [0.3, 0.4) is 0 Å². The van der Waals surface area contributed by atoms with E-state index in [0.29, 0.717) is 13.2 Å². The lowest BCUT2D eigenvalue weighted by Crippen LogP contribution is -2.48. The number of hydrogen-bond acceptors (Lipinski definition) is 3. The molecule has 0 spiro atoms. The smallest absolute Gasteiger partial charge is 0.305 e. The van der Waals surface area contributed by atoms with E-state index >= 15 is 0 Å². The van der Waals surface area contributed by atoms with E-state index in [2.05, 4.69) is 0 Å². The van der Waals surface area contributed by atoms with Crippen LogP contribution in [0.5, 0.6) is 0 Å². The molecule has 2 saturated heterocycles. The van der Waals surface area contributed by atoms with Crippen LogP contribution in [0.25, 0.3) is 0 Å². The minimum atomic E-state index is -0.831. The molecular formula is C12H19NO4. The first-order valence-electron chi connectivity index (χ1n) is 6.32. The number of piperidine rings is 1. The van der Waals surface area contributed by atoms with Crippen LogP contribution in [-0.4, -0.2) is 47.2 Å². The largest absolute Gasteiger partial charge is 0.481 e. The lowest BCUT2D eigenvalue weighted by Gasteiger charge is -2.36. The Morgan fingerprint density at radius 3 is 2.71 bits per heavy atom. The van der Waals surface area contributed by atoms with Gasteiger partial charge in [0.15, 0.2) is 0 Å². The van der Waals surface area contributed by atoms with E-state index in [1.165, 1.54) is 0 Å². The van der Waals surface area contributed by atoms with Crippen molar-refractivity contribution >= 4 is 11.9 Å². The summed E-state index contributed by atoms with van der Waals surface area (Å²) in [6.45, 7) is 1.32. The Morgan fingerprint density at radius 2 is 2.06 bits per heavy atom. The fourth-order valence-corrected chi connectivity index (χ4v) is 2.66. The van der Waals surface area contributed by atoms with E-state index in [0.717, 1.165) is 32.1 Å². The summed E-state index contributed by atoms with van der Waals surface area (Å²) < 4.78 is 5.38. The van der Waals surface area contributed by atoms with Crippen molar-refractivity contribution in [1.82, 2.24) is 4.90 Å². The number of carbonyl (C=O) groups is 2. The first-order chi connectivity index (χ1) is 8.18. The minimum absolute atomic E-state index is 0.00606. The molecule has 2 aliphatic heterocycles. The molecular weight excluding hydrogens is 222 g/mol. The van der Waals surface area contributed by atoms with E-state index < -0.39 is 5.97 Å². The molecule has 2 rings (SSSR count). The zero-order valence-electron chi connectivity index (χ0n) is 9.93. The van der Waals surface area contributed by atoms with Gasteiger partial charge in [0.25, 0.3) is 5.91 Å². The van der Waals surface area contributed by atoms with Gasteiger partial charge in [-0.3, -0.25) is 9.59 Å². The predicted octanol–water partition coefficient (Wildman–Crippen LogP) is 1.02. The van der Waals surface area contributed by atoms with Crippen LogP contribution >= 0.6 is 0 Å². The number of nitrogens with zero attached hydrogens (tertiary/aromatic N) is 1. The van der Waals surface area contributed by atoms with Gasteiger partial charge in [-0.2, -0.15) is 0 Å². The lowest BCUT2D eigenvalue weighted by molar-refractivity contribution is -0.147. The van der Waals surface area contributed by atoms with E-state index in [4.69, 9.17) is 9.84 Å². The fourth-order valence-electron chi connectivity index (χ4n) is 2.66. The standard InChI is InChI=1S/C12H19NO4/c14-11(15)8-9-4-1-2-6-13(9)12(16)10-5-3-7-17-10/h9-10H,1-8H2,(H,14,15)/t9?,10-/m0/s1. The molecule has 2 fully saturated rings. The number of amides is 1. The molecule has 96 valence electrons. The van der Waals surface area contributed by atoms with Crippen LogP contribution in [0.2, 0.25) is 0 Å². The van der Waals surface area contributed by atoms with Crippen molar-refractivity contribution in [2.45, 2.75) is 50.7 Å². The summed E-state index contributed by atoms with van der Waals surface area (Å²) in [5.74, 6) is -0.838. The van der Waals surface area contributed by atoms with Gasteiger partial charge in [-0.15, -0.1) is 0 Å². The zero-order valence-corrected chi connectivity index (χ0v) is 9.93. The highest BCUT2D eigenvalue weighted by Gasteiger charge is 2.34. The van der Waals surface area contributed by atoms with Gasteiger partial charge in [0.1, 0.15) is 6.10 Å². The van der Waals surface area contributed by atoms with Gasteiger partial charge in [0.05, 0.1) is 6.42 Å². The van der Waals surface area contributed by atoms with Crippen LogP contribution in [-0.2, 0) is 14.3 Å². The van der Waals surface area contributed by atoms with E-state index in [1.807, 2.05) is 0 Å². The van der Waals surface area contributed by atoms with Gasteiger partial charge in [0, 0.05) is 19.2 Å². The molecule has 1 N–H and O–H groups in total. The molecule has 5 nitrogen and oxygen atoms in total. The van der Waals surface area contributed by atoms with Gasteiger partial charge in [-0.05, 0) is 32.1 Å². The SMILES string of the molecule is O=C(O)CC1CCCCN1C(=O)[C@@H]1CCCO1. The maximum atomic E-state index is 12.2. The third kappa shape index (κ3) is 2.97. The predicted molar refractivity (Wildman–Crippen MR) is 60.6 cm³/mol. The number of carbonyl (C=O) groups excluding carboxylic acids is 1. The van der Waals surface area contributed by atoms with Crippen LogP contribution < -0.4 is 0 Å². The molecule has 0 aromatic carbocycles. The van der Waals surface area contributed by atoms with E-state index in [-0.39, 0.29) is 24.5 Å². The van der Waals surface area contributed by atoms with Crippen LogP contribution in [0.15, 0.2) is 0 Å². The topological polar surface area (TPSA) is 66.8 Å². The molecule has 2 aliphatic rings. The molecule has 2 heterocycles. The third-order valence-corrected chi connectivity index (χ3v) is 3.53. The highest BCUT2D eigenvalue weighted by Crippen LogP contribution is 2.23. The van der Waals surface area contributed by atoms with Gasteiger partial charge < -0.3 is 14.7 Å². The molecule has 0 bridgehead atoms. The highest BCUT2D eigenvalue weighted by molar-refractivity contribution is 5.82. The number of likely N-dealkylation sites (tertiary alicyclic amines) is 1. The summed E-state index contributed by atoms with van der Waals surface area (Å²) >= 11 is 0. The summed E-state index contributed by atoms with van der Waals surface area (Å²) in [5, 5.41) is 8.86. The quantitative estimate of drug-likeness (QED) is 0.801. The zero-order chi connectivity index (χ0) is 12.3.